The third-order valence-corrected chi connectivity index (χ3v) is 5.16. The van der Waals surface area contributed by atoms with Crippen LogP contribution in [0, 0.1) is 26.0 Å². The van der Waals surface area contributed by atoms with Gasteiger partial charge in [-0.05, 0) is 38.0 Å². The number of benzene rings is 1. The van der Waals surface area contributed by atoms with Gasteiger partial charge >= 0.3 is 11.7 Å². The molecule has 0 unspecified atom stereocenters. The second-order valence-electron chi connectivity index (χ2n) is 6.71. The molecule has 0 saturated heterocycles. The first kappa shape index (κ1) is 20.5. The zero-order valence-electron chi connectivity index (χ0n) is 16.6. The number of rotatable bonds is 5. The van der Waals surface area contributed by atoms with Gasteiger partial charge in [0.1, 0.15) is 6.61 Å². The van der Waals surface area contributed by atoms with E-state index in [1.807, 2.05) is 32.9 Å². The fraction of sp³-hybridized carbons (Fsp3) is 0.238. The van der Waals surface area contributed by atoms with Gasteiger partial charge in [-0.2, -0.15) is 4.73 Å². The minimum absolute atomic E-state index is 0.0954. The molecule has 0 N–H and O–H groups in total. The molecule has 0 aliphatic heterocycles. The van der Waals surface area contributed by atoms with Crippen molar-refractivity contribution in [1.29, 1.82) is 0 Å². The standard InChI is InChI=1S/C21H21N3O4S/c1-13-9-14(2)19(15(3)10-13)24(16(4)25)21-22-17(12-29-21)11-28-20(26)18-7-5-6-8-23(18)27/h5-10,12H,11H2,1-4H3. The van der Waals surface area contributed by atoms with E-state index in [-0.39, 0.29) is 18.2 Å². The summed E-state index contributed by atoms with van der Waals surface area (Å²) in [5.74, 6) is -0.890. The first-order valence-corrected chi connectivity index (χ1v) is 9.84. The van der Waals surface area contributed by atoms with Gasteiger partial charge in [-0.3, -0.25) is 9.69 Å². The summed E-state index contributed by atoms with van der Waals surface area (Å²) in [6.07, 6.45) is 1.23. The number of amides is 1. The highest BCUT2D eigenvalue weighted by atomic mass is 32.1. The fourth-order valence-electron chi connectivity index (χ4n) is 3.18. The Bertz CT molecular complexity index is 1050. The molecule has 0 fully saturated rings. The fourth-order valence-corrected chi connectivity index (χ4v) is 4.04. The molecule has 29 heavy (non-hydrogen) atoms. The minimum atomic E-state index is -0.733. The Morgan fingerprint density at radius 2 is 1.90 bits per heavy atom. The largest absolute Gasteiger partial charge is 0.618 e. The van der Waals surface area contributed by atoms with Crippen LogP contribution in [0.2, 0.25) is 0 Å². The highest BCUT2D eigenvalue weighted by Gasteiger charge is 2.23. The van der Waals surface area contributed by atoms with Crippen LogP contribution in [-0.4, -0.2) is 16.9 Å². The van der Waals surface area contributed by atoms with Crippen molar-refractivity contribution in [2.75, 3.05) is 4.90 Å². The van der Waals surface area contributed by atoms with E-state index < -0.39 is 5.97 Å². The molecular weight excluding hydrogens is 390 g/mol. The smallest absolute Gasteiger partial charge is 0.405 e. The molecule has 0 saturated carbocycles. The van der Waals surface area contributed by atoms with Gasteiger partial charge in [-0.1, -0.05) is 17.7 Å². The number of pyridine rings is 1. The van der Waals surface area contributed by atoms with Crippen molar-refractivity contribution in [1.82, 2.24) is 4.98 Å². The second-order valence-corrected chi connectivity index (χ2v) is 7.55. The zero-order chi connectivity index (χ0) is 21.1. The topological polar surface area (TPSA) is 86.4 Å². The number of thiazole rings is 1. The molecule has 8 heteroatoms. The van der Waals surface area contributed by atoms with Crippen molar-refractivity contribution in [3.63, 3.8) is 0 Å². The second kappa shape index (κ2) is 8.40. The lowest BCUT2D eigenvalue weighted by Crippen LogP contribution is -2.34. The van der Waals surface area contributed by atoms with Crippen LogP contribution in [-0.2, 0) is 16.1 Å². The van der Waals surface area contributed by atoms with Gasteiger partial charge in [0.2, 0.25) is 5.91 Å². The molecule has 2 aromatic heterocycles. The highest BCUT2D eigenvalue weighted by Crippen LogP contribution is 2.34. The van der Waals surface area contributed by atoms with E-state index >= 15 is 0 Å². The van der Waals surface area contributed by atoms with Crippen LogP contribution in [0.1, 0.15) is 39.8 Å². The third-order valence-electron chi connectivity index (χ3n) is 4.29. The SMILES string of the molecule is CC(=O)N(c1nc(COC(=O)c2cccc[n+]2[O-])cs1)c1c(C)cc(C)cc1C. The number of anilines is 2. The highest BCUT2D eigenvalue weighted by molar-refractivity contribution is 7.14. The van der Waals surface area contributed by atoms with E-state index in [1.165, 1.54) is 36.6 Å². The molecule has 0 bridgehead atoms. The maximum atomic E-state index is 12.4. The molecule has 0 spiro atoms. The van der Waals surface area contributed by atoms with Crippen LogP contribution < -0.4 is 9.63 Å². The number of ether oxygens (including phenoxy) is 1. The Morgan fingerprint density at radius 1 is 1.21 bits per heavy atom. The Morgan fingerprint density at radius 3 is 2.52 bits per heavy atom. The van der Waals surface area contributed by atoms with Crippen LogP contribution in [0.4, 0.5) is 10.8 Å². The maximum Gasteiger partial charge on any atom is 0.405 e. The van der Waals surface area contributed by atoms with Crippen molar-refractivity contribution in [3.8, 4) is 0 Å². The third kappa shape index (κ3) is 4.43. The van der Waals surface area contributed by atoms with Crippen LogP contribution in [0.25, 0.3) is 0 Å². The van der Waals surface area contributed by atoms with Crippen molar-refractivity contribution < 1.29 is 19.1 Å². The molecule has 0 radical (unpaired) electrons. The molecule has 150 valence electrons. The summed E-state index contributed by atoms with van der Waals surface area (Å²) in [5.41, 5.74) is 4.28. The summed E-state index contributed by atoms with van der Waals surface area (Å²) >= 11 is 1.29. The number of aromatic nitrogens is 2. The van der Waals surface area contributed by atoms with Crippen molar-refractivity contribution in [3.05, 3.63) is 75.2 Å². The lowest BCUT2D eigenvalue weighted by atomic mass is 10.0. The average molecular weight is 411 g/mol. The maximum absolute atomic E-state index is 12.4. The van der Waals surface area contributed by atoms with Crippen LogP contribution in [0.15, 0.2) is 41.9 Å². The molecule has 1 amide bonds. The predicted octanol–water partition coefficient (Wildman–Crippen LogP) is 3.74. The van der Waals surface area contributed by atoms with Crippen molar-refractivity contribution in [2.24, 2.45) is 0 Å². The molecule has 3 aromatic rings. The first-order chi connectivity index (χ1) is 13.8. The van der Waals surface area contributed by atoms with Gasteiger partial charge in [0, 0.05) is 24.4 Å². The number of hydrogen-bond acceptors (Lipinski definition) is 6. The summed E-state index contributed by atoms with van der Waals surface area (Å²) < 4.78 is 5.65. The van der Waals surface area contributed by atoms with Crippen LogP contribution >= 0.6 is 11.3 Å². The van der Waals surface area contributed by atoms with E-state index in [0.717, 1.165) is 22.4 Å². The molecule has 3 rings (SSSR count). The van der Waals surface area contributed by atoms with Crippen molar-refractivity contribution >= 4 is 34.0 Å². The van der Waals surface area contributed by atoms with Gasteiger partial charge in [0.05, 0.1) is 11.4 Å². The molecule has 0 aliphatic rings. The van der Waals surface area contributed by atoms with Gasteiger partial charge < -0.3 is 9.94 Å². The van der Waals surface area contributed by atoms with E-state index in [9.17, 15) is 14.8 Å². The summed E-state index contributed by atoms with van der Waals surface area (Å²) in [5, 5.41) is 13.9. The zero-order valence-corrected chi connectivity index (χ0v) is 17.4. The van der Waals surface area contributed by atoms with Gasteiger partial charge in [-0.15, -0.1) is 11.3 Å². The lowest BCUT2D eigenvalue weighted by molar-refractivity contribution is -0.608. The Balaban J connectivity index is 1.81. The van der Waals surface area contributed by atoms with Crippen LogP contribution in [0.3, 0.4) is 0 Å². The van der Waals surface area contributed by atoms with E-state index in [0.29, 0.717) is 15.6 Å². The number of carbonyl (C=O) groups is 2. The molecule has 2 heterocycles. The molecular formula is C21H21N3O4S. The van der Waals surface area contributed by atoms with Gasteiger partial charge in [0.25, 0.3) is 0 Å². The number of carbonyl (C=O) groups excluding carboxylic acids is 2. The molecule has 0 atom stereocenters. The van der Waals surface area contributed by atoms with Crippen molar-refractivity contribution in [2.45, 2.75) is 34.3 Å². The number of esters is 1. The summed E-state index contributed by atoms with van der Waals surface area (Å²) in [4.78, 5) is 30.5. The van der Waals surface area contributed by atoms with E-state index in [2.05, 4.69) is 4.98 Å². The minimum Gasteiger partial charge on any atom is -0.618 e. The Labute approximate surface area is 172 Å². The Hall–Kier alpha value is -3.26. The Kier molecular flexibility index (Phi) is 5.93. The predicted molar refractivity (Wildman–Crippen MR) is 110 cm³/mol. The van der Waals surface area contributed by atoms with Gasteiger partial charge in [0.15, 0.2) is 11.3 Å². The molecule has 7 nitrogen and oxygen atoms in total. The molecule has 1 aromatic carbocycles. The average Bonchev–Trinajstić information content (AvgIpc) is 3.11. The van der Waals surface area contributed by atoms with Crippen LogP contribution in [0.5, 0.6) is 0 Å². The number of aryl methyl sites for hydroxylation is 3. The van der Waals surface area contributed by atoms with E-state index in [1.54, 1.807) is 16.3 Å². The monoisotopic (exact) mass is 411 g/mol. The molecule has 0 aliphatic carbocycles. The van der Waals surface area contributed by atoms with Gasteiger partial charge in [-0.25, -0.2) is 9.78 Å². The lowest BCUT2D eigenvalue weighted by Gasteiger charge is -2.23. The normalized spacial score (nSPS) is 10.6. The summed E-state index contributed by atoms with van der Waals surface area (Å²) in [7, 11) is 0. The summed E-state index contributed by atoms with van der Waals surface area (Å²) in [6, 6.07) is 8.55. The number of nitrogens with zero attached hydrogens (tertiary/aromatic N) is 3. The number of hydrogen-bond donors (Lipinski definition) is 0. The quantitative estimate of drug-likeness (QED) is 0.363. The summed E-state index contributed by atoms with van der Waals surface area (Å²) in [6.45, 7) is 7.32. The first-order valence-electron chi connectivity index (χ1n) is 8.96. The van der Waals surface area contributed by atoms with E-state index in [4.69, 9.17) is 4.74 Å².